The predicted octanol–water partition coefficient (Wildman–Crippen LogP) is 3.31. The molecule has 0 bridgehead atoms. The van der Waals surface area contributed by atoms with Crippen LogP contribution in [0.4, 0.5) is 0 Å². The highest BCUT2D eigenvalue weighted by molar-refractivity contribution is 7.16. The molecule has 5 nitrogen and oxygen atoms in total. The summed E-state index contributed by atoms with van der Waals surface area (Å²) in [6, 6.07) is 11.1. The topological polar surface area (TPSA) is 52.8 Å². The standard InChI is InChI=1S/C18H18N2O3S/c1-11-6-5-7-15-16(11)20(2)18(24-15)19-17(21)12-8-13(22-3)10-14(9-12)23-4/h5-10H,1-4H3. The SMILES string of the molecule is COc1cc(OC)cc(C(=O)N=c2sc3cccc(C)c3n2C)c1. The number of amides is 1. The van der Waals surface area contributed by atoms with Crippen molar-refractivity contribution in [2.24, 2.45) is 12.0 Å². The maximum atomic E-state index is 12.6. The van der Waals surface area contributed by atoms with Gasteiger partial charge in [-0.05, 0) is 30.7 Å². The summed E-state index contributed by atoms with van der Waals surface area (Å²) < 4.78 is 13.5. The molecule has 1 heterocycles. The predicted molar refractivity (Wildman–Crippen MR) is 95.0 cm³/mol. The zero-order valence-electron chi connectivity index (χ0n) is 14.0. The summed E-state index contributed by atoms with van der Waals surface area (Å²) in [5.41, 5.74) is 2.68. The average Bonchev–Trinajstić information content (AvgIpc) is 2.91. The maximum absolute atomic E-state index is 12.6. The Labute approximate surface area is 143 Å². The molecule has 0 aliphatic rings. The molecule has 3 rings (SSSR count). The summed E-state index contributed by atoms with van der Waals surface area (Å²) in [5.74, 6) is 0.793. The molecular weight excluding hydrogens is 324 g/mol. The number of methoxy groups -OCH3 is 2. The molecule has 1 aromatic heterocycles. The van der Waals surface area contributed by atoms with E-state index in [1.807, 2.05) is 36.7 Å². The van der Waals surface area contributed by atoms with Gasteiger partial charge in [0, 0.05) is 18.7 Å². The van der Waals surface area contributed by atoms with E-state index < -0.39 is 0 Å². The van der Waals surface area contributed by atoms with Crippen molar-refractivity contribution in [1.29, 1.82) is 0 Å². The minimum atomic E-state index is -0.327. The fourth-order valence-corrected chi connectivity index (χ4v) is 3.68. The van der Waals surface area contributed by atoms with E-state index in [-0.39, 0.29) is 5.91 Å². The normalized spacial score (nSPS) is 11.8. The van der Waals surface area contributed by atoms with Crippen LogP contribution < -0.4 is 14.3 Å². The summed E-state index contributed by atoms with van der Waals surface area (Å²) in [6.07, 6.45) is 0. The molecule has 0 N–H and O–H groups in total. The van der Waals surface area contributed by atoms with Gasteiger partial charge in [-0.1, -0.05) is 23.5 Å². The van der Waals surface area contributed by atoms with Gasteiger partial charge in [-0.15, -0.1) is 0 Å². The Hall–Kier alpha value is -2.60. The molecule has 124 valence electrons. The van der Waals surface area contributed by atoms with Crippen LogP contribution in [-0.4, -0.2) is 24.7 Å². The first-order valence-electron chi connectivity index (χ1n) is 7.40. The molecule has 0 atom stereocenters. The van der Waals surface area contributed by atoms with Gasteiger partial charge in [-0.2, -0.15) is 4.99 Å². The van der Waals surface area contributed by atoms with Crippen molar-refractivity contribution in [1.82, 2.24) is 4.57 Å². The lowest BCUT2D eigenvalue weighted by molar-refractivity contribution is 0.0997. The number of aromatic nitrogens is 1. The summed E-state index contributed by atoms with van der Waals surface area (Å²) in [4.78, 5) is 17.5. The number of thiazole rings is 1. The van der Waals surface area contributed by atoms with Crippen LogP contribution >= 0.6 is 11.3 Å². The van der Waals surface area contributed by atoms with Gasteiger partial charge in [0.1, 0.15) is 11.5 Å². The third-order valence-electron chi connectivity index (χ3n) is 3.82. The third kappa shape index (κ3) is 2.92. The summed E-state index contributed by atoms with van der Waals surface area (Å²) in [5, 5.41) is 0. The fourth-order valence-electron chi connectivity index (χ4n) is 2.59. The number of ether oxygens (including phenoxy) is 2. The zero-order chi connectivity index (χ0) is 17.3. The molecule has 0 spiro atoms. The number of para-hydroxylation sites is 1. The van der Waals surface area contributed by atoms with Gasteiger partial charge in [-0.3, -0.25) is 4.79 Å². The molecule has 0 aliphatic carbocycles. The van der Waals surface area contributed by atoms with Crippen LogP contribution in [0.25, 0.3) is 10.2 Å². The second-order valence-electron chi connectivity index (χ2n) is 5.38. The number of carbonyl (C=O) groups excluding carboxylic acids is 1. The molecule has 0 saturated carbocycles. The largest absolute Gasteiger partial charge is 0.497 e. The van der Waals surface area contributed by atoms with Crippen LogP contribution in [0, 0.1) is 6.92 Å². The van der Waals surface area contributed by atoms with Crippen molar-refractivity contribution in [3.63, 3.8) is 0 Å². The molecule has 6 heteroatoms. The smallest absolute Gasteiger partial charge is 0.279 e. The van der Waals surface area contributed by atoms with Crippen LogP contribution in [0.1, 0.15) is 15.9 Å². The van der Waals surface area contributed by atoms with E-state index in [0.717, 1.165) is 15.8 Å². The quantitative estimate of drug-likeness (QED) is 0.734. The lowest BCUT2D eigenvalue weighted by atomic mass is 10.2. The van der Waals surface area contributed by atoms with Crippen LogP contribution in [0.2, 0.25) is 0 Å². The van der Waals surface area contributed by atoms with E-state index in [1.54, 1.807) is 32.4 Å². The van der Waals surface area contributed by atoms with Crippen LogP contribution in [0.5, 0.6) is 11.5 Å². The minimum absolute atomic E-state index is 0.327. The Kier molecular flexibility index (Phi) is 4.40. The lowest BCUT2D eigenvalue weighted by Crippen LogP contribution is -2.13. The van der Waals surface area contributed by atoms with Gasteiger partial charge in [0.15, 0.2) is 4.80 Å². The fraction of sp³-hybridized carbons (Fsp3) is 0.222. The molecule has 0 unspecified atom stereocenters. The van der Waals surface area contributed by atoms with Gasteiger partial charge in [0.05, 0.1) is 24.4 Å². The van der Waals surface area contributed by atoms with E-state index in [4.69, 9.17) is 9.47 Å². The molecule has 0 radical (unpaired) electrons. The highest BCUT2D eigenvalue weighted by atomic mass is 32.1. The zero-order valence-corrected chi connectivity index (χ0v) is 14.8. The lowest BCUT2D eigenvalue weighted by Gasteiger charge is -2.06. The molecular formula is C18H18N2O3S. The number of fused-ring (bicyclic) bond motifs is 1. The van der Waals surface area contributed by atoms with Crippen LogP contribution in [0.15, 0.2) is 41.4 Å². The summed E-state index contributed by atoms with van der Waals surface area (Å²) in [7, 11) is 5.02. The van der Waals surface area contributed by atoms with E-state index in [0.29, 0.717) is 21.9 Å². The Balaban J connectivity index is 2.11. The molecule has 2 aromatic carbocycles. The van der Waals surface area contributed by atoms with E-state index in [1.165, 1.54) is 11.3 Å². The first-order valence-corrected chi connectivity index (χ1v) is 8.22. The van der Waals surface area contributed by atoms with Gasteiger partial charge < -0.3 is 14.0 Å². The molecule has 3 aromatic rings. The second-order valence-corrected chi connectivity index (χ2v) is 6.39. The molecule has 1 amide bonds. The van der Waals surface area contributed by atoms with E-state index >= 15 is 0 Å². The number of rotatable bonds is 3. The van der Waals surface area contributed by atoms with Crippen molar-refractivity contribution in [3.05, 3.63) is 52.3 Å². The van der Waals surface area contributed by atoms with Crippen LogP contribution in [0.3, 0.4) is 0 Å². The second kappa shape index (κ2) is 6.49. The number of carbonyl (C=O) groups is 1. The van der Waals surface area contributed by atoms with Gasteiger partial charge >= 0.3 is 0 Å². The Morgan fingerprint density at radius 3 is 2.38 bits per heavy atom. The number of hydrogen-bond acceptors (Lipinski definition) is 4. The average molecular weight is 342 g/mol. The van der Waals surface area contributed by atoms with Crippen molar-refractivity contribution < 1.29 is 14.3 Å². The monoisotopic (exact) mass is 342 g/mol. The molecule has 0 saturated heterocycles. The van der Waals surface area contributed by atoms with Gasteiger partial charge in [0.25, 0.3) is 5.91 Å². The Bertz CT molecular complexity index is 963. The highest BCUT2D eigenvalue weighted by Gasteiger charge is 2.11. The highest BCUT2D eigenvalue weighted by Crippen LogP contribution is 2.23. The van der Waals surface area contributed by atoms with Crippen molar-refractivity contribution in [2.75, 3.05) is 14.2 Å². The van der Waals surface area contributed by atoms with Crippen molar-refractivity contribution >= 4 is 27.5 Å². The summed E-state index contributed by atoms with van der Waals surface area (Å²) >= 11 is 1.49. The van der Waals surface area contributed by atoms with Gasteiger partial charge in [0.2, 0.25) is 0 Å². The van der Waals surface area contributed by atoms with E-state index in [9.17, 15) is 4.79 Å². The van der Waals surface area contributed by atoms with Crippen molar-refractivity contribution in [3.8, 4) is 11.5 Å². The number of benzene rings is 2. The molecule has 0 fully saturated rings. The minimum Gasteiger partial charge on any atom is -0.497 e. The van der Waals surface area contributed by atoms with Crippen molar-refractivity contribution in [2.45, 2.75) is 6.92 Å². The molecule has 0 aliphatic heterocycles. The first kappa shape index (κ1) is 16.3. The third-order valence-corrected chi connectivity index (χ3v) is 4.92. The Morgan fingerprint density at radius 2 is 1.79 bits per heavy atom. The number of nitrogens with zero attached hydrogens (tertiary/aromatic N) is 2. The number of aryl methyl sites for hydroxylation is 2. The maximum Gasteiger partial charge on any atom is 0.279 e. The summed E-state index contributed by atoms with van der Waals surface area (Å²) in [6.45, 7) is 2.05. The number of hydrogen-bond donors (Lipinski definition) is 0. The van der Waals surface area contributed by atoms with E-state index in [2.05, 4.69) is 4.99 Å². The first-order chi connectivity index (χ1) is 11.5. The van der Waals surface area contributed by atoms with Gasteiger partial charge in [-0.25, -0.2) is 0 Å². The molecule has 24 heavy (non-hydrogen) atoms. The van der Waals surface area contributed by atoms with Crippen LogP contribution in [-0.2, 0) is 7.05 Å². The Morgan fingerprint density at radius 1 is 1.12 bits per heavy atom.